The lowest BCUT2D eigenvalue weighted by Crippen LogP contribution is -2.31. The van der Waals surface area contributed by atoms with Crippen molar-refractivity contribution in [3.63, 3.8) is 0 Å². The van der Waals surface area contributed by atoms with Crippen molar-refractivity contribution in [3.8, 4) is 0 Å². The zero-order valence-corrected chi connectivity index (χ0v) is 14.4. The van der Waals surface area contributed by atoms with Crippen molar-refractivity contribution in [2.24, 2.45) is 5.92 Å². The van der Waals surface area contributed by atoms with Crippen LogP contribution in [0.1, 0.15) is 34.7 Å². The third-order valence-corrected chi connectivity index (χ3v) is 4.38. The summed E-state index contributed by atoms with van der Waals surface area (Å²) in [6.45, 7) is -0.140. The second-order valence-corrected chi connectivity index (χ2v) is 6.50. The molecule has 3 N–H and O–H groups in total. The van der Waals surface area contributed by atoms with Crippen LogP contribution in [-0.4, -0.2) is 29.4 Å². The lowest BCUT2D eigenvalue weighted by molar-refractivity contribution is -0.138. The van der Waals surface area contributed by atoms with Gasteiger partial charge in [-0.2, -0.15) is 0 Å². The fraction of sp³-hybridized carbons (Fsp3) is 0.250. The summed E-state index contributed by atoms with van der Waals surface area (Å²) in [5.41, 5.74) is 1.23. The molecule has 0 spiro atoms. The summed E-state index contributed by atoms with van der Waals surface area (Å²) in [6.07, 6.45) is 1.76. The van der Waals surface area contributed by atoms with Gasteiger partial charge in [-0.3, -0.25) is 14.4 Å². The van der Waals surface area contributed by atoms with Crippen molar-refractivity contribution >= 4 is 23.5 Å². The SMILES string of the molecule is O=C(NCC(C(=O)O)c1ccc(F)cc1)c1cccc(NC(=O)C2CC2)c1. The molecule has 7 heteroatoms. The Bertz CT molecular complexity index is 863. The lowest BCUT2D eigenvalue weighted by Gasteiger charge is -2.14. The number of hydrogen-bond donors (Lipinski definition) is 3. The number of anilines is 1. The van der Waals surface area contributed by atoms with Gasteiger partial charge in [0.15, 0.2) is 0 Å². The molecule has 6 nitrogen and oxygen atoms in total. The molecule has 2 amide bonds. The van der Waals surface area contributed by atoms with E-state index in [1.165, 1.54) is 24.3 Å². The number of carbonyl (C=O) groups is 3. The van der Waals surface area contributed by atoms with Crippen molar-refractivity contribution in [1.82, 2.24) is 5.32 Å². The number of halogens is 1. The van der Waals surface area contributed by atoms with E-state index >= 15 is 0 Å². The fourth-order valence-corrected chi connectivity index (χ4v) is 2.67. The van der Waals surface area contributed by atoms with Crippen LogP contribution in [0.5, 0.6) is 0 Å². The third kappa shape index (κ3) is 4.91. The van der Waals surface area contributed by atoms with Crippen LogP contribution in [0.25, 0.3) is 0 Å². The average Bonchev–Trinajstić information content (AvgIpc) is 3.48. The highest BCUT2D eigenvalue weighted by Crippen LogP contribution is 2.30. The number of carbonyl (C=O) groups excluding carboxylic acids is 2. The van der Waals surface area contributed by atoms with E-state index in [-0.39, 0.29) is 18.4 Å². The first-order valence-corrected chi connectivity index (χ1v) is 8.61. The number of benzene rings is 2. The van der Waals surface area contributed by atoms with Gasteiger partial charge in [0, 0.05) is 23.7 Å². The summed E-state index contributed by atoms with van der Waals surface area (Å²) in [4.78, 5) is 35.7. The van der Waals surface area contributed by atoms with Gasteiger partial charge in [-0.05, 0) is 48.7 Å². The fourth-order valence-electron chi connectivity index (χ4n) is 2.67. The van der Waals surface area contributed by atoms with E-state index in [1.54, 1.807) is 24.3 Å². The minimum absolute atomic E-state index is 0.0505. The maximum atomic E-state index is 13.0. The van der Waals surface area contributed by atoms with Crippen molar-refractivity contribution in [2.45, 2.75) is 18.8 Å². The second-order valence-electron chi connectivity index (χ2n) is 6.50. The van der Waals surface area contributed by atoms with Crippen molar-refractivity contribution in [1.29, 1.82) is 0 Å². The second kappa shape index (κ2) is 7.99. The minimum Gasteiger partial charge on any atom is -0.481 e. The summed E-state index contributed by atoms with van der Waals surface area (Å²) >= 11 is 0. The van der Waals surface area contributed by atoms with Gasteiger partial charge in [-0.1, -0.05) is 18.2 Å². The van der Waals surface area contributed by atoms with E-state index in [1.807, 2.05) is 0 Å². The predicted octanol–water partition coefficient (Wildman–Crippen LogP) is 2.77. The molecule has 2 aromatic carbocycles. The molecule has 27 heavy (non-hydrogen) atoms. The maximum Gasteiger partial charge on any atom is 0.312 e. The Morgan fingerprint density at radius 2 is 1.81 bits per heavy atom. The van der Waals surface area contributed by atoms with Crippen molar-refractivity contribution < 1.29 is 23.9 Å². The Balaban J connectivity index is 1.64. The van der Waals surface area contributed by atoms with Gasteiger partial charge in [0.25, 0.3) is 5.91 Å². The molecule has 0 radical (unpaired) electrons. The number of carboxylic acids is 1. The minimum atomic E-state index is -1.12. The van der Waals surface area contributed by atoms with Gasteiger partial charge >= 0.3 is 5.97 Å². The molecule has 0 saturated heterocycles. The van der Waals surface area contributed by atoms with Gasteiger partial charge in [-0.15, -0.1) is 0 Å². The van der Waals surface area contributed by atoms with E-state index in [9.17, 15) is 23.9 Å². The molecule has 0 aromatic heterocycles. The predicted molar refractivity (Wildman–Crippen MR) is 96.9 cm³/mol. The molecule has 1 unspecified atom stereocenters. The molecular weight excluding hydrogens is 351 g/mol. The number of carboxylic acid groups (broad SMARTS) is 1. The van der Waals surface area contributed by atoms with Crippen molar-refractivity contribution in [3.05, 3.63) is 65.5 Å². The van der Waals surface area contributed by atoms with Gasteiger partial charge in [-0.25, -0.2) is 4.39 Å². The Kier molecular flexibility index (Phi) is 5.49. The molecule has 0 aliphatic heterocycles. The molecular formula is C20H19FN2O4. The topological polar surface area (TPSA) is 95.5 Å². The van der Waals surface area contributed by atoms with Crippen LogP contribution in [0.4, 0.5) is 10.1 Å². The first-order chi connectivity index (χ1) is 12.9. The van der Waals surface area contributed by atoms with Gasteiger partial charge < -0.3 is 15.7 Å². The zero-order chi connectivity index (χ0) is 19.4. The Labute approximate surface area is 155 Å². The molecule has 1 atom stereocenters. The van der Waals surface area contributed by atoms with Crippen LogP contribution in [0.3, 0.4) is 0 Å². The Hall–Kier alpha value is -3.22. The molecule has 2 aromatic rings. The van der Waals surface area contributed by atoms with Gasteiger partial charge in [0.05, 0.1) is 5.92 Å². The van der Waals surface area contributed by atoms with E-state index in [0.717, 1.165) is 12.8 Å². The highest BCUT2D eigenvalue weighted by atomic mass is 19.1. The smallest absolute Gasteiger partial charge is 0.312 e. The molecule has 0 heterocycles. The first kappa shape index (κ1) is 18.6. The van der Waals surface area contributed by atoms with Gasteiger partial charge in [0.1, 0.15) is 5.82 Å². The Morgan fingerprint density at radius 1 is 1.11 bits per heavy atom. The molecule has 1 fully saturated rings. The Morgan fingerprint density at radius 3 is 2.44 bits per heavy atom. The van der Waals surface area contributed by atoms with Gasteiger partial charge in [0.2, 0.25) is 5.91 Å². The quantitative estimate of drug-likeness (QED) is 0.698. The van der Waals surface area contributed by atoms with Crippen molar-refractivity contribution in [2.75, 3.05) is 11.9 Å². The van der Waals surface area contributed by atoms with E-state index in [0.29, 0.717) is 16.8 Å². The zero-order valence-electron chi connectivity index (χ0n) is 14.4. The van der Waals surface area contributed by atoms with Crippen LogP contribution >= 0.6 is 0 Å². The van der Waals surface area contributed by atoms with Crippen LogP contribution in [0.2, 0.25) is 0 Å². The normalized spacial score (nSPS) is 14.3. The average molecular weight is 370 g/mol. The molecule has 1 aliphatic carbocycles. The largest absolute Gasteiger partial charge is 0.481 e. The summed E-state index contributed by atoms with van der Waals surface area (Å²) in [5, 5.41) is 14.7. The van der Waals surface area contributed by atoms with Crippen LogP contribution in [0, 0.1) is 11.7 Å². The standard InChI is InChI=1S/C20H19FN2O4/c21-15-8-6-12(7-9-15)17(20(26)27)11-22-18(24)14-2-1-3-16(10-14)23-19(25)13-4-5-13/h1-3,6-10,13,17H,4-5,11H2,(H,22,24)(H,23,25)(H,26,27). The molecule has 1 aliphatic rings. The van der Waals surface area contributed by atoms with E-state index in [4.69, 9.17) is 0 Å². The van der Waals surface area contributed by atoms with E-state index < -0.39 is 23.6 Å². The number of amides is 2. The third-order valence-electron chi connectivity index (χ3n) is 4.38. The summed E-state index contributed by atoms with van der Waals surface area (Å²) in [7, 11) is 0. The summed E-state index contributed by atoms with van der Waals surface area (Å²) in [6, 6.07) is 11.6. The molecule has 1 saturated carbocycles. The van der Waals surface area contributed by atoms with Crippen LogP contribution in [0.15, 0.2) is 48.5 Å². The summed E-state index contributed by atoms with van der Waals surface area (Å²) < 4.78 is 13.0. The lowest BCUT2D eigenvalue weighted by atomic mass is 9.99. The highest BCUT2D eigenvalue weighted by Gasteiger charge is 2.29. The number of nitrogens with one attached hydrogen (secondary N) is 2. The highest BCUT2D eigenvalue weighted by molar-refractivity contribution is 5.98. The monoisotopic (exact) mass is 370 g/mol. The molecule has 140 valence electrons. The van der Waals surface area contributed by atoms with Crippen LogP contribution in [-0.2, 0) is 9.59 Å². The summed E-state index contributed by atoms with van der Waals surface area (Å²) in [5.74, 6) is -3.04. The number of rotatable bonds is 7. The van der Waals surface area contributed by atoms with Crippen LogP contribution < -0.4 is 10.6 Å². The first-order valence-electron chi connectivity index (χ1n) is 8.61. The van der Waals surface area contributed by atoms with E-state index in [2.05, 4.69) is 10.6 Å². The maximum absolute atomic E-state index is 13.0. The number of aliphatic carboxylic acids is 1. The molecule has 0 bridgehead atoms. The number of hydrogen-bond acceptors (Lipinski definition) is 3. The molecule has 3 rings (SSSR count).